The SMILES string of the molecule is Cc1cc(-c2n[nH]c3ccc(C(=O)NC4CCCC(Cc5cc6ccccc6[nH]c5=O)C4)cc23)ccn1. The van der Waals surface area contributed by atoms with Crippen LogP contribution in [0.4, 0.5) is 0 Å². The van der Waals surface area contributed by atoms with Crippen molar-refractivity contribution >= 4 is 27.7 Å². The molecule has 6 rings (SSSR count). The number of aromatic nitrogens is 4. The molecule has 1 aliphatic carbocycles. The summed E-state index contributed by atoms with van der Waals surface area (Å²) in [7, 11) is 0. The highest BCUT2D eigenvalue weighted by Gasteiger charge is 2.25. The predicted octanol–water partition coefficient (Wildman–Crippen LogP) is 5.31. The Morgan fingerprint density at radius 3 is 2.84 bits per heavy atom. The second kappa shape index (κ2) is 9.65. The van der Waals surface area contributed by atoms with Crippen LogP contribution in [0.2, 0.25) is 0 Å². The van der Waals surface area contributed by atoms with Gasteiger partial charge >= 0.3 is 0 Å². The molecule has 37 heavy (non-hydrogen) atoms. The molecule has 1 saturated carbocycles. The molecule has 5 aromatic rings. The largest absolute Gasteiger partial charge is 0.349 e. The van der Waals surface area contributed by atoms with Gasteiger partial charge in [0.2, 0.25) is 0 Å². The summed E-state index contributed by atoms with van der Waals surface area (Å²) in [5.41, 5.74) is 5.87. The molecule has 0 bridgehead atoms. The van der Waals surface area contributed by atoms with Gasteiger partial charge in [0.25, 0.3) is 11.5 Å². The van der Waals surface area contributed by atoms with Gasteiger partial charge in [0.05, 0.1) is 5.52 Å². The first kappa shape index (κ1) is 23.2. The van der Waals surface area contributed by atoms with Crippen LogP contribution in [0.1, 0.15) is 47.3 Å². The Kier molecular flexibility index (Phi) is 6.04. The Bertz CT molecular complexity index is 1670. The van der Waals surface area contributed by atoms with Crippen molar-refractivity contribution in [2.45, 2.75) is 45.1 Å². The summed E-state index contributed by atoms with van der Waals surface area (Å²) in [6, 6.07) is 19.5. The van der Waals surface area contributed by atoms with Crippen molar-refractivity contribution < 1.29 is 4.79 Å². The van der Waals surface area contributed by atoms with Crippen molar-refractivity contribution in [3.63, 3.8) is 0 Å². The number of nitrogens with one attached hydrogen (secondary N) is 3. The van der Waals surface area contributed by atoms with Crippen LogP contribution in [0.5, 0.6) is 0 Å². The van der Waals surface area contributed by atoms with Gasteiger partial charge in [-0.1, -0.05) is 24.6 Å². The van der Waals surface area contributed by atoms with Crippen LogP contribution >= 0.6 is 0 Å². The molecule has 3 N–H and O–H groups in total. The number of aromatic amines is 2. The number of carbonyl (C=O) groups is 1. The number of para-hydroxylation sites is 1. The summed E-state index contributed by atoms with van der Waals surface area (Å²) in [6.07, 6.45) is 6.41. The summed E-state index contributed by atoms with van der Waals surface area (Å²) >= 11 is 0. The summed E-state index contributed by atoms with van der Waals surface area (Å²) < 4.78 is 0. The van der Waals surface area contributed by atoms with E-state index in [2.05, 4.69) is 25.5 Å². The molecule has 0 radical (unpaired) electrons. The number of benzene rings is 2. The van der Waals surface area contributed by atoms with Gasteiger partial charge in [-0.3, -0.25) is 19.7 Å². The van der Waals surface area contributed by atoms with Crippen LogP contribution in [0.3, 0.4) is 0 Å². The number of hydrogen-bond donors (Lipinski definition) is 3. The molecule has 1 aliphatic rings. The van der Waals surface area contributed by atoms with Crippen molar-refractivity contribution in [3.8, 4) is 11.3 Å². The fourth-order valence-electron chi connectivity index (χ4n) is 5.60. The molecule has 2 atom stereocenters. The van der Waals surface area contributed by atoms with E-state index in [1.165, 1.54) is 0 Å². The normalized spacial score (nSPS) is 17.8. The zero-order valence-corrected chi connectivity index (χ0v) is 20.8. The first-order chi connectivity index (χ1) is 18.0. The van der Waals surface area contributed by atoms with E-state index in [-0.39, 0.29) is 17.5 Å². The molecule has 2 unspecified atom stereocenters. The Hall–Kier alpha value is -4.26. The van der Waals surface area contributed by atoms with Gasteiger partial charge in [0.15, 0.2) is 0 Å². The average Bonchev–Trinajstić information content (AvgIpc) is 3.33. The van der Waals surface area contributed by atoms with E-state index in [1.807, 2.05) is 67.6 Å². The Balaban J connectivity index is 1.17. The van der Waals surface area contributed by atoms with Gasteiger partial charge < -0.3 is 10.3 Å². The number of amides is 1. The number of fused-ring (bicyclic) bond motifs is 2. The molecular weight excluding hydrogens is 462 g/mol. The molecule has 0 saturated heterocycles. The zero-order valence-electron chi connectivity index (χ0n) is 20.8. The maximum atomic E-state index is 13.2. The van der Waals surface area contributed by atoms with Crippen LogP contribution in [-0.2, 0) is 6.42 Å². The second-order valence-electron chi connectivity index (χ2n) is 10.1. The maximum Gasteiger partial charge on any atom is 0.251 e. The molecule has 3 heterocycles. The third-order valence-corrected chi connectivity index (χ3v) is 7.45. The molecular formula is C30H29N5O2. The number of H-pyrrole nitrogens is 2. The van der Waals surface area contributed by atoms with Gasteiger partial charge in [-0.2, -0.15) is 5.10 Å². The third kappa shape index (κ3) is 4.77. The summed E-state index contributed by atoms with van der Waals surface area (Å²) in [4.78, 5) is 33.2. The number of nitrogens with zero attached hydrogens (tertiary/aromatic N) is 2. The number of aryl methyl sites for hydroxylation is 1. The van der Waals surface area contributed by atoms with E-state index in [9.17, 15) is 9.59 Å². The topological polar surface area (TPSA) is 104 Å². The van der Waals surface area contributed by atoms with E-state index in [0.29, 0.717) is 11.5 Å². The van der Waals surface area contributed by atoms with Gasteiger partial charge in [-0.25, -0.2) is 0 Å². The van der Waals surface area contributed by atoms with Crippen molar-refractivity contribution in [2.24, 2.45) is 5.92 Å². The number of rotatable bonds is 5. The predicted molar refractivity (Wildman–Crippen MR) is 146 cm³/mol. The van der Waals surface area contributed by atoms with E-state index in [4.69, 9.17) is 0 Å². The van der Waals surface area contributed by atoms with Gasteiger partial charge in [0, 0.05) is 45.5 Å². The highest BCUT2D eigenvalue weighted by atomic mass is 16.1. The number of pyridine rings is 2. The first-order valence-electron chi connectivity index (χ1n) is 12.9. The lowest BCUT2D eigenvalue weighted by atomic mass is 9.82. The summed E-state index contributed by atoms with van der Waals surface area (Å²) in [6.45, 7) is 1.95. The van der Waals surface area contributed by atoms with Crippen LogP contribution in [0, 0.1) is 12.8 Å². The van der Waals surface area contributed by atoms with Crippen LogP contribution in [-0.4, -0.2) is 32.1 Å². The van der Waals surface area contributed by atoms with Crippen molar-refractivity contribution in [1.29, 1.82) is 0 Å². The smallest absolute Gasteiger partial charge is 0.251 e. The fraction of sp³-hybridized carbons (Fsp3) is 0.267. The third-order valence-electron chi connectivity index (χ3n) is 7.45. The van der Waals surface area contributed by atoms with Gasteiger partial charge in [0.1, 0.15) is 5.69 Å². The Morgan fingerprint density at radius 2 is 1.95 bits per heavy atom. The molecule has 0 aliphatic heterocycles. The average molecular weight is 492 g/mol. The van der Waals surface area contributed by atoms with Crippen molar-refractivity contribution in [2.75, 3.05) is 0 Å². The van der Waals surface area contributed by atoms with Crippen molar-refractivity contribution in [3.05, 3.63) is 94.0 Å². The quantitative estimate of drug-likeness (QED) is 0.310. The highest BCUT2D eigenvalue weighted by Crippen LogP contribution is 2.29. The summed E-state index contributed by atoms with van der Waals surface area (Å²) in [5, 5.41) is 12.8. The minimum absolute atomic E-state index is 0.0153. The van der Waals surface area contributed by atoms with E-state index in [0.717, 1.165) is 76.4 Å². The van der Waals surface area contributed by atoms with Gasteiger partial charge in [-0.05, 0) is 86.4 Å². The van der Waals surface area contributed by atoms with E-state index >= 15 is 0 Å². The monoisotopic (exact) mass is 491 g/mol. The van der Waals surface area contributed by atoms with Gasteiger partial charge in [-0.15, -0.1) is 0 Å². The minimum Gasteiger partial charge on any atom is -0.349 e. The summed E-state index contributed by atoms with van der Waals surface area (Å²) in [5.74, 6) is 0.286. The maximum absolute atomic E-state index is 13.2. The lowest BCUT2D eigenvalue weighted by Gasteiger charge is -2.29. The molecule has 1 fully saturated rings. The minimum atomic E-state index is -0.0749. The number of carbonyl (C=O) groups excluding carboxylic acids is 1. The molecule has 1 amide bonds. The van der Waals surface area contributed by atoms with Crippen LogP contribution < -0.4 is 10.9 Å². The fourth-order valence-corrected chi connectivity index (χ4v) is 5.60. The van der Waals surface area contributed by atoms with Crippen LogP contribution in [0.15, 0.2) is 71.7 Å². The molecule has 7 nitrogen and oxygen atoms in total. The van der Waals surface area contributed by atoms with Crippen LogP contribution in [0.25, 0.3) is 33.1 Å². The molecule has 3 aromatic heterocycles. The highest BCUT2D eigenvalue weighted by molar-refractivity contribution is 6.01. The van der Waals surface area contributed by atoms with Crippen molar-refractivity contribution in [1.82, 2.24) is 25.5 Å². The van der Waals surface area contributed by atoms with E-state index < -0.39 is 0 Å². The first-order valence-corrected chi connectivity index (χ1v) is 12.9. The lowest BCUT2D eigenvalue weighted by molar-refractivity contribution is 0.0919. The zero-order chi connectivity index (χ0) is 25.4. The van der Waals surface area contributed by atoms with E-state index in [1.54, 1.807) is 6.20 Å². The second-order valence-corrected chi connectivity index (χ2v) is 10.1. The Morgan fingerprint density at radius 1 is 1.05 bits per heavy atom. The molecule has 186 valence electrons. The molecule has 0 spiro atoms. The standard InChI is InChI=1S/C30H29N5O2/c1-18-13-21(11-12-31-18)28-25-17-22(9-10-27(25)34-35-28)29(36)32-24-7-4-5-19(15-24)14-23-16-20-6-2-3-8-26(20)33-30(23)37/h2-3,6,8-13,16-17,19,24H,4-5,7,14-15H2,1H3,(H,32,36)(H,33,37)(H,34,35). The lowest BCUT2D eigenvalue weighted by Crippen LogP contribution is -2.39. The number of hydrogen-bond acceptors (Lipinski definition) is 4. The Labute approximate surface area is 214 Å². The molecule has 7 heteroatoms. The molecule has 2 aromatic carbocycles.